The largest absolute Gasteiger partial charge is 0.388 e. The minimum absolute atomic E-state index is 0.170. The van der Waals surface area contributed by atoms with Crippen molar-refractivity contribution in [3.8, 4) is 0 Å². The molecule has 1 rings (SSSR count). The van der Waals surface area contributed by atoms with Gasteiger partial charge in [-0.1, -0.05) is 13.8 Å². The van der Waals surface area contributed by atoms with Crippen LogP contribution >= 0.6 is 0 Å². The maximum Gasteiger partial charge on any atom is 0.313 e. The number of hydrogen-bond donors (Lipinski definition) is 3. The zero-order valence-electron chi connectivity index (χ0n) is 12.3. The highest BCUT2D eigenvalue weighted by Gasteiger charge is 2.26. The zero-order chi connectivity index (χ0) is 17.1. The number of carbonyl (C=O) groups is 2. The van der Waals surface area contributed by atoms with E-state index in [-0.39, 0.29) is 12.5 Å². The molecule has 0 saturated heterocycles. The molecule has 122 valence electrons. The number of hydrogen-bond acceptors (Lipinski definition) is 3. The zero-order valence-corrected chi connectivity index (χ0v) is 12.3. The summed E-state index contributed by atoms with van der Waals surface area (Å²) in [6.45, 7) is 4.77. The molecule has 2 amide bonds. The lowest BCUT2D eigenvalue weighted by Gasteiger charge is -2.27. The fourth-order valence-electron chi connectivity index (χ4n) is 1.36. The van der Waals surface area contributed by atoms with E-state index in [2.05, 4.69) is 5.32 Å². The monoisotopic (exact) mass is 318 g/mol. The molecule has 1 atom stereocenters. The van der Waals surface area contributed by atoms with E-state index in [0.29, 0.717) is 12.1 Å². The first-order valence-electron chi connectivity index (χ1n) is 6.50. The van der Waals surface area contributed by atoms with E-state index in [9.17, 15) is 27.9 Å². The molecule has 0 aromatic heterocycles. The molecule has 5 nitrogen and oxygen atoms in total. The molecule has 0 aliphatic heterocycles. The van der Waals surface area contributed by atoms with Crippen LogP contribution in [0.2, 0.25) is 0 Å². The predicted molar refractivity (Wildman–Crippen MR) is 73.4 cm³/mol. The van der Waals surface area contributed by atoms with E-state index in [4.69, 9.17) is 0 Å². The molecule has 1 unspecified atom stereocenters. The molecule has 0 saturated carbocycles. The van der Waals surface area contributed by atoms with Crippen molar-refractivity contribution in [2.24, 2.45) is 5.92 Å². The Bertz CT molecular complexity index is 566. The first-order chi connectivity index (χ1) is 10.0. The Labute approximate surface area is 125 Å². The minimum atomic E-state index is -1.67. The second-order valence-electron chi connectivity index (χ2n) is 5.40. The molecule has 0 aliphatic carbocycles. The van der Waals surface area contributed by atoms with Gasteiger partial charge in [-0.3, -0.25) is 9.59 Å². The number of nitrogens with one attached hydrogen (secondary N) is 2. The maximum absolute atomic E-state index is 13.0. The van der Waals surface area contributed by atoms with Gasteiger partial charge in [0.1, 0.15) is 0 Å². The van der Waals surface area contributed by atoms with Crippen molar-refractivity contribution in [1.29, 1.82) is 0 Å². The second kappa shape index (κ2) is 6.78. The van der Waals surface area contributed by atoms with Gasteiger partial charge in [0.2, 0.25) is 0 Å². The fraction of sp³-hybridized carbons (Fsp3) is 0.429. The Morgan fingerprint density at radius 3 is 2.14 bits per heavy atom. The van der Waals surface area contributed by atoms with Crippen LogP contribution in [0.4, 0.5) is 18.9 Å². The molecule has 0 radical (unpaired) electrons. The number of halogens is 3. The van der Waals surface area contributed by atoms with E-state index in [0.717, 1.165) is 0 Å². The summed E-state index contributed by atoms with van der Waals surface area (Å²) < 4.78 is 38.7. The molecule has 8 heteroatoms. The number of amides is 2. The summed E-state index contributed by atoms with van der Waals surface area (Å²) in [6.07, 6.45) is 0. The third kappa shape index (κ3) is 4.45. The molecule has 0 fully saturated rings. The lowest BCUT2D eigenvalue weighted by atomic mass is 9.92. The summed E-state index contributed by atoms with van der Waals surface area (Å²) in [5.74, 6) is -7.10. The van der Waals surface area contributed by atoms with Crippen LogP contribution in [0.25, 0.3) is 0 Å². The van der Waals surface area contributed by atoms with Gasteiger partial charge in [0, 0.05) is 24.4 Å². The Morgan fingerprint density at radius 1 is 1.18 bits per heavy atom. The second-order valence-corrected chi connectivity index (χ2v) is 5.40. The molecule has 1 aromatic carbocycles. The van der Waals surface area contributed by atoms with Gasteiger partial charge in [0.25, 0.3) is 0 Å². The quantitative estimate of drug-likeness (QED) is 0.582. The highest BCUT2D eigenvalue weighted by Crippen LogP contribution is 2.17. The van der Waals surface area contributed by atoms with Gasteiger partial charge in [0.05, 0.1) is 5.60 Å². The Morgan fingerprint density at radius 2 is 1.68 bits per heavy atom. The van der Waals surface area contributed by atoms with Crippen LogP contribution < -0.4 is 10.6 Å². The first kappa shape index (κ1) is 18.0. The van der Waals surface area contributed by atoms with Crippen molar-refractivity contribution in [3.05, 3.63) is 29.6 Å². The first-order valence-corrected chi connectivity index (χ1v) is 6.50. The molecular formula is C14H17F3N2O3. The van der Waals surface area contributed by atoms with E-state index in [1.807, 2.05) is 5.32 Å². The van der Waals surface area contributed by atoms with Crippen molar-refractivity contribution in [2.75, 3.05) is 11.9 Å². The fourth-order valence-corrected chi connectivity index (χ4v) is 1.36. The van der Waals surface area contributed by atoms with Gasteiger partial charge in [-0.15, -0.1) is 0 Å². The third-order valence-corrected chi connectivity index (χ3v) is 3.30. The standard InChI is InChI=1S/C14H17F3N2O3/c1-7(2)14(3,22)6-18-12(20)13(21)19-8-4-9(15)11(17)10(16)5-8/h4-5,7,22H,6H2,1-3H3,(H,18,20)(H,19,21). The summed E-state index contributed by atoms with van der Waals surface area (Å²) in [7, 11) is 0. The number of benzene rings is 1. The number of carbonyl (C=O) groups excluding carboxylic acids is 2. The molecule has 3 N–H and O–H groups in total. The van der Waals surface area contributed by atoms with Crippen LogP contribution in [0.5, 0.6) is 0 Å². The van der Waals surface area contributed by atoms with Gasteiger partial charge in [-0.25, -0.2) is 13.2 Å². The van der Waals surface area contributed by atoms with E-state index >= 15 is 0 Å². The lowest BCUT2D eigenvalue weighted by Crippen LogP contribution is -2.47. The Balaban J connectivity index is 2.68. The summed E-state index contributed by atoms with van der Waals surface area (Å²) in [5.41, 5.74) is -1.61. The van der Waals surface area contributed by atoms with Gasteiger partial charge in [-0.2, -0.15) is 0 Å². The SMILES string of the molecule is CC(C)C(C)(O)CNC(=O)C(=O)Nc1cc(F)c(F)c(F)c1. The molecule has 0 aliphatic rings. The van der Waals surface area contributed by atoms with Gasteiger partial charge in [-0.05, 0) is 12.8 Å². The van der Waals surface area contributed by atoms with Gasteiger partial charge < -0.3 is 15.7 Å². The van der Waals surface area contributed by atoms with Gasteiger partial charge in [0.15, 0.2) is 17.5 Å². The van der Waals surface area contributed by atoms with Crippen molar-refractivity contribution in [3.63, 3.8) is 0 Å². The minimum Gasteiger partial charge on any atom is -0.388 e. The van der Waals surface area contributed by atoms with Crippen LogP contribution in [0.15, 0.2) is 12.1 Å². The Kier molecular flexibility index (Phi) is 5.54. The maximum atomic E-state index is 13.0. The average molecular weight is 318 g/mol. The summed E-state index contributed by atoms with van der Waals surface area (Å²) >= 11 is 0. The number of aliphatic hydroxyl groups is 1. The van der Waals surface area contributed by atoms with Crippen molar-refractivity contribution >= 4 is 17.5 Å². The Hall–Kier alpha value is -2.09. The molecule has 0 heterocycles. The van der Waals surface area contributed by atoms with E-state index in [1.54, 1.807) is 13.8 Å². The molecule has 0 spiro atoms. The molecule has 1 aromatic rings. The third-order valence-electron chi connectivity index (χ3n) is 3.30. The van der Waals surface area contributed by atoms with Crippen molar-refractivity contribution in [2.45, 2.75) is 26.4 Å². The smallest absolute Gasteiger partial charge is 0.313 e. The van der Waals surface area contributed by atoms with Crippen molar-refractivity contribution < 1.29 is 27.9 Å². The molecule has 0 bridgehead atoms. The van der Waals surface area contributed by atoms with E-state index < -0.39 is 40.6 Å². The predicted octanol–water partition coefficient (Wildman–Crippen LogP) is 1.57. The summed E-state index contributed by atoms with van der Waals surface area (Å²) in [5, 5.41) is 14.1. The van der Waals surface area contributed by atoms with Crippen LogP contribution in [-0.4, -0.2) is 29.1 Å². The molecule has 22 heavy (non-hydrogen) atoms. The van der Waals surface area contributed by atoms with Crippen LogP contribution in [0.1, 0.15) is 20.8 Å². The summed E-state index contributed by atoms with van der Waals surface area (Å²) in [4.78, 5) is 23.1. The van der Waals surface area contributed by atoms with Crippen LogP contribution in [-0.2, 0) is 9.59 Å². The number of anilines is 1. The van der Waals surface area contributed by atoms with Crippen LogP contribution in [0.3, 0.4) is 0 Å². The highest BCUT2D eigenvalue weighted by atomic mass is 19.2. The normalized spacial score (nSPS) is 13.6. The van der Waals surface area contributed by atoms with Gasteiger partial charge >= 0.3 is 11.8 Å². The summed E-state index contributed by atoms with van der Waals surface area (Å²) in [6, 6.07) is 1.10. The number of rotatable bonds is 4. The average Bonchev–Trinajstić information content (AvgIpc) is 2.41. The van der Waals surface area contributed by atoms with Crippen LogP contribution in [0, 0.1) is 23.4 Å². The van der Waals surface area contributed by atoms with E-state index in [1.165, 1.54) is 6.92 Å². The molecular weight excluding hydrogens is 301 g/mol. The van der Waals surface area contributed by atoms with Crippen molar-refractivity contribution in [1.82, 2.24) is 5.32 Å². The lowest BCUT2D eigenvalue weighted by molar-refractivity contribution is -0.137. The highest BCUT2D eigenvalue weighted by molar-refractivity contribution is 6.39. The topological polar surface area (TPSA) is 78.4 Å².